The van der Waals surface area contributed by atoms with Gasteiger partial charge in [-0.2, -0.15) is 0 Å². The molecule has 124 valence electrons. The lowest BCUT2D eigenvalue weighted by molar-refractivity contribution is -0.134. The van der Waals surface area contributed by atoms with E-state index in [2.05, 4.69) is 10.3 Å². The van der Waals surface area contributed by atoms with Crippen LogP contribution >= 0.6 is 11.3 Å². The lowest BCUT2D eigenvalue weighted by Crippen LogP contribution is -2.55. The van der Waals surface area contributed by atoms with E-state index in [0.717, 1.165) is 10.7 Å². The second-order valence-electron chi connectivity index (χ2n) is 5.27. The van der Waals surface area contributed by atoms with Gasteiger partial charge in [-0.25, -0.2) is 13.8 Å². The summed E-state index contributed by atoms with van der Waals surface area (Å²) in [7, 11) is 0. The molecule has 0 saturated carbocycles. The van der Waals surface area contributed by atoms with E-state index in [0.29, 0.717) is 19.6 Å². The first-order chi connectivity index (χ1) is 10.5. The maximum absolute atomic E-state index is 12.6. The zero-order chi connectivity index (χ0) is 16.1. The molecule has 1 aromatic heterocycles. The van der Waals surface area contributed by atoms with E-state index in [9.17, 15) is 13.6 Å². The van der Waals surface area contributed by atoms with Crippen molar-refractivity contribution in [3.8, 4) is 0 Å². The number of hydrogen-bond donors (Lipinski definition) is 1. The summed E-state index contributed by atoms with van der Waals surface area (Å²) < 4.78 is 30.5. The smallest absolute Gasteiger partial charge is 0.251 e. The minimum absolute atomic E-state index is 0.145. The number of thiazole rings is 1. The Kier molecular flexibility index (Phi) is 6.22. The lowest BCUT2D eigenvalue weighted by atomic mass is 10.1. The van der Waals surface area contributed by atoms with Gasteiger partial charge in [-0.3, -0.25) is 9.69 Å². The third-order valence-electron chi connectivity index (χ3n) is 3.57. The molecule has 0 aromatic carbocycles. The monoisotopic (exact) mass is 333 g/mol. The minimum atomic E-state index is -2.46. The molecule has 1 aromatic rings. The van der Waals surface area contributed by atoms with E-state index >= 15 is 0 Å². The van der Waals surface area contributed by atoms with E-state index in [-0.39, 0.29) is 18.6 Å². The molecule has 0 bridgehead atoms. The summed E-state index contributed by atoms with van der Waals surface area (Å²) in [6, 6.07) is -0.862. The zero-order valence-electron chi connectivity index (χ0n) is 12.7. The van der Waals surface area contributed by atoms with Crippen LogP contribution in [0.3, 0.4) is 0 Å². The highest BCUT2D eigenvalue weighted by Gasteiger charge is 2.32. The molecule has 1 amide bonds. The fourth-order valence-corrected chi connectivity index (χ4v) is 3.34. The first-order valence-electron chi connectivity index (χ1n) is 7.33. The molecule has 1 fully saturated rings. The predicted molar refractivity (Wildman–Crippen MR) is 80.2 cm³/mol. The number of aryl methyl sites for hydroxylation is 1. The Balaban J connectivity index is 2.01. The Hall–Kier alpha value is -1.12. The molecule has 1 aliphatic rings. The molecule has 1 aliphatic heterocycles. The molecule has 0 aliphatic carbocycles. The molecule has 2 heterocycles. The third kappa shape index (κ3) is 4.44. The normalized spacial score (nSPS) is 21.0. The van der Waals surface area contributed by atoms with Gasteiger partial charge in [0.1, 0.15) is 11.0 Å². The fraction of sp³-hybridized carbons (Fsp3) is 0.714. The van der Waals surface area contributed by atoms with E-state index in [1.54, 1.807) is 0 Å². The fourth-order valence-electron chi connectivity index (χ4n) is 2.41. The molecule has 1 N–H and O–H groups in total. The number of ether oxygens (including phenoxy) is 1. The van der Waals surface area contributed by atoms with Crippen LogP contribution in [0.4, 0.5) is 8.78 Å². The quantitative estimate of drug-likeness (QED) is 0.865. The first kappa shape index (κ1) is 17.2. The summed E-state index contributed by atoms with van der Waals surface area (Å²) in [5, 5.41) is 5.68. The van der Waals surface area contributed by atoms with Crippen molar-refractivity contribution < 1.29 is 18.3 Å². The van der Waals surface area contributed by atoms with Crippen LogP contribution in [0.25, 0.3) is 0 Å². The van der Waals surface area contributed by atoms with Gasteiger partial charge >= 0.3 is 0 Å². The minimum Gasteiger partial charge on any atom is -0.378 e. The molecule has 8 heteroatoms. The topological polar surface area (TPSA) is 54.5 Å². The number of carbonyl (C=O) groups is 1. The van der Waals surface area contributed by atoms with Gasteiger partial charge in [-0.15, -0.1) is 11.3 Å². The van der Waals surface area contributed by atoms with Crippen molar-refractivity contribution in [3.63, 3.8) is 0 Å². The van der Waals surface area contributed by atoms with Crippen LogP contribution in [-0.2, 0) is 9.53 Å². The van der Waals surface area contributed by atoms with Crippen LogP contribution in [0.1, 0.15) is 30.1 Å². The number of morpholine rings is 1. The molecule has 0 spiro atoms. The molecule has 2 atom stereocenters. The molecule has 5 nitrogen and oxygen atoms in total. The molecule has 2 rings (SSSR count). The maximum atomic E-state index is 12.6. The molecule has 2 unspecified atom stereocenters. The van der Waals surface area contributed by atoms with Crippen molar-refractivity contribution in [1.29, 1.82) is 0 Å². The van der Waals surface area contributed by atoms with E-state index in [4.69, 9.17) is 4.74 Å². The summed E-state index contributed by atoms with van der Waals surface area (Å²) >= 11 is 1.49. The van der Waals surface area contributed by atoms with Gasteiger partial charge in [0.05, 0.1) is 25.8 Å². The molecular weight excluding hydrogens is 312 g/mol. The van der Waals surface area contributed by atoms with E-state index in [1.165, 1.54) is 16.2 Å². The summed E-state index contributed by atoms with van der Waals surface area (Å²) in [6.45, 7) is 4.30. The second kappa shape index (κ2) is 7.94. The Morgan fingerprint density at radius 2 is 2.41 bits per heavy atom. The summed E-state index contributed by atoms with van der Waals surface area (Å²) in [5.41, 5.74) is 0.910. The number of nitrogens with one attached hydrogen (secondary N) is 1. The lowest BCUT2D eigenvalue weighted by Gasteiger charge is -2.34. The van der Waals surface area contributed by atoms with Gasteiger partial charge in [0.15, 0.2) is 0 Å². The van der Waals surface area contributed by atoms with Crippen LogP contribution in [0.15, 0.2) is 5.38 Å². The van der Waals surface area contributed by atoms with Crippen molar-refractivity contribution in [1.82, 2.24) is 15.2 Å². The second-order valence-corrected chi connectivity index (χ2v) is 6.16. The zero-order valence-corrected chi connectivity index (χ0v) is 13.5. The first-order valence-corrected chi connectivity index (χ1v) is 8.21. The van der Waals surface area contributed by atoms with E-state index < -0.39 is 19.0 Å². The Labute approximate surface area is 132 Å². The molecule has 0 radical (unpaired) electrons. The van der Waals surface area contributed by atoms with Crippen molar-refractivity contribution in [2.24, 2.45) is 0 Å². The van der Waals surface area contributed by atoms with Crippen molar-refractivity contribution in [2.75, 3.05) is 26.3 Å². The number of nitrogens with zero attached hydrogens (tertiary/aromatic N) is 2. The number of halogens is 2. The molecular formula is C14H21F2N3O2S. The van der Waals surface area contributed by atoms with Crippen LogP contribution in [-0.4, -0.2) is 54.6 Å². The van der Waals surface area contributed by atoms with Gasteiger partial charge < -0.3 is 10.1 Å². The predicted octanol–water partition coefficient (Wildman–Crippen LogP) is 1.98. The molecule has 22 heavy (non-hydrogen) atoms. The van der Waals surface area contributed by atoms with E-state index in [1.807, 2.05) is 19.2 Å². The van der Waals surface area contributed by atoms with Crippen molar-refractivity contribution in [3.05, 3.63) is 16.1 Å². The Morgan fingerprint density at radius 1 is 1.64 bits per heavy atom. The van der Waals surface area contributed by atoms with Gasteiger partial charge in [-0.05, 0) is 13.3 Å². The van der Waals surface area contributed by atoms with Gasteiger partial charge in [0.2, 0.25) is 5.91 Å². The van der Waals surface area contributed by atoms with Crippen molar-refractivity contribution in [2.45, 2.75) is 38.8 Å². The largest absolute Gasteiger partial charge is 0.378 e. The summed E-state index contributed by atoms with van der Waals surface area (Å²) in [6.07, 6.45) is -1.77. The Bertz CT molecular complexity index is 498. The average Bonchev–Trinajstić information content (AvgIpc) is 2.91. The maximum Gasteiger partial charge on any atom is 0.251 e. The number of aromatic nitrogens is 1. The van der Waals surface area contributed by atoms with Gasteiger partial charge in [0.25, 0.3) is 6.43 Å². The standard InChI is InChI=1S/C14H21F2N3O2S/c1-3-10(14-17-9(2)8-22-14)18-13(20)11-7-21-5-4-19(11)6-12(15)16/h8,10-12H,3-7H2,1-2H3,(H,18,20). The van der Waals surface area contributed by atoms with Gasteiger partial charge in [0, 0.05) is 17.6 Å². The third-order valence-corrected chi connectivity index (χ3v) is 4.65. The summed E-state index contributed by atoms with van der Waals surface area (Å²) in [4.78, 5) is 18.3. The van der Waals surface area contributed by atoms with Crippen LogP contribution in [0.2, 0.25) is 0 Å². The number of amides is 1. The summed E-state index contributed by atoms with van der Waals surface area (Å²) in [5.74, 6) is -0.278. The van der Waals surface area contributed by atoms with Crippen molar-refractivity contribution >= 4 is 17.2 Å². The SMILES string of the molecule is CCC(NC(=O)C1COCCN1CC(F)F)c1nc(C)cs1. The highest BCUT2D eigenvalue weighted by molar-refractivity contribution is 7.09. The van der Waals surface area contributed by atoms with Crippen LogP contribution in [0.5, 0.6) is 0 Å². The highest BCUT2D eigenvalue weighted by atomic mass is 32.1. The van der Waals surface area contributed by atoms with Gasteiger partial charge in [-0.1, -0.05) is 6.92 Å². The average molecular weight is 333 g/mol. The number of hydrogen-bond acceptors (Lipinski definition) is 5. The number of alkyl halides is 2. The highest BCUT2D eigenvalue weighted by Crippen LogP contribution is 2.21. The number of rotatable bonds is 6. The Morgan fingerprint density at radius 3 is 3.00 bits per heavy atom. The number of carbonyl (C=O) groups excluding carboxylic acids is 1. The van der Waals surface area contributed by atoms with Crippen LogP contribution < -0.4 is 5.32 Å². The van der Waals surface area contributed by atoms with Crippen LogP contribution in [0, 0.1) is 6.92 Å². The molecule has 1 saturated heterocycles.